The fourth-order valence-corrected chi connectivity index (χ4v) is 2.93. The first-order chi connectivity index (χ1) is 8.84. The molecule has 1 aromatic heterocycles. The van der Waals surface area contributed by atoms with Gasteiger partial charge in [-0.3, -0.25) is 9.59 Å². The summed E-state index contributed by atoms with van der Waals surface area (Å²) in [5.41, 5.74) is 5.13. The Balaban J connectivity index is 2.27. The van der Waals surface area contributed by atoms with E-state index in [0.29, 0.717) is 23.9 Å². The summed E-state index contributed by atoms with van der Waals surface area (Å²) >= 11 is 1.30. The Hall–Kier alpha value is -1.67. The van der Waals surface area contributed by atoms with Crippen LogP contribution in [0.4, 0.5) is 5.13 Å². The number of thiazole rings is 1. The summed E-state index contributed by atoms with van der Waals surface area (Å²) in [6, 6.07) is -1.13. The summed E-state index contributed by atoms with van der Waals surface area (Å²) in [4.78, 5) is 28.8. The van der Waals surface area contributed by atoms with E-state index in [1.165, 1.54) is 11.3 Å². The smallest absolute Gasteiger partial charge is 0.326 e. The molecule has 1 aliphatic rings. The van der Waals surface area contributed by atoms with Crippen molar-refractivity contribution in [3.63, 3.8) is 0 Å². The molecule has 1 atom stereocenters. The van der Waals surface area contributed by atoms with Crippen LogP contribution in [0.5, 0.6) is 0 Å². The van der Waals surface area contributed by atoms with E-state index in [-0.39, 0.29) is 5.91 Å². The molecule has 2 rings (SSSR count). The number of nitrogens with one attached hydrogen (secondary N) is 1. The van der Waals surface area contributed by atoms with Gasteiger partial charge in [0.1, 0.15) is 11.6 Å². The van der Waals surface area contributed by atoms with Gasteiger partial charge in [0.2, 0.25) is 5.91 Å². The minimum absolute atomic E-state index is 0.0713. The average molecular weight is 284 g/mol. The molecule has 1 fully saturated rings. The first-order valence-corrected chi connectivity index (χ1v) is 6.71. The van der Waals surface area contributed by atoms with E-state index < -0.39 is 17.6 Å². The van der Waals surface area contributed by atoms with Crippen LogP contribution in [0, 0.1) is 0 Å². The Morgan fingerprint density at radius 1 is 1.68 bits per heavy atom. The lowest BCUT2D eigenvalue weighted by Crippen LogP contribution is -2.62. The predicted octanol–water partition coefficient (Wildman–Crippen LogP) is -0.0577. The molecule has 0 saturated carbocycles. The van der Waals surface area contributed by atoms with Gasteiger partial charge in [-0.1, -0.05) is 0 Å². The highest BCUT2D eigenvalue weighted by molar-refractivity contribution is 7.13. The standard InChI is InChI=1S/C11H16N4O3S/c1-11(2)9(18)13-3-4-15(11)10-14-6(5-19-10)7(12)8(16)17/h5,7H,3-4,12H2,1-2H3,(H,13,18)(H,16,17). The number of anilines is 1. The van der Waals surface area contributed by atoms with Gasteiger partial charge in [0.25, 0.3) is 0 Å². The summed E-state index contributed by atoms with van der Waals surface area (Å²) in [5, 5.41) is 13.9. The highest BCUT2D eigenvalue weighted by Crippen LogP contribution is 2.30. The van der Waals surface area contributed by atoms with Crippen molar-refractivity contribution in [3.05, 3.63) is 11.1 Å². The Kier molecular flexibility index (Phi) is 3.46. The zero-order valence-corrected chi connectivity index (χ0v) is 11.5. The largest absolute Gasteiger partial charge is 0.480 e. The van der Waals surface area contributed by atoms with E-state index in [4.69, 9.17) is 10.8 Å². The van der Waals surface area contributed by atoms with Crippen molar-refractivity contribution in [2.24, 2.45) is 5.73 Å². The van der Waals surface area contributed by atoms with E-state index in [9.17, 15) is 9.59 Å². The number of rotatable bonds is 3. The first-order valence-electron chi connectivity index (χ1n) is 5.84. The minimum Gasteiger partial charge on any atom is -0.480 e. The van der Waals surface area contributed by atoms with Crippen LogP contribution in [0.25, 0.3) is 0 Å². The third kappa shape index (κ3) is 2.41. The van der Waals surface area contributed by atoms with Crippen molar-refractivity contribution in [2.45, 2.75) is 25.4 Å². The number of carboxylic acid groups (broad SMARTS) is 1. The molecule has 1 aliphatic heterocycles. The predicted molar refractivity (Wildman–Crippen MR) is 71.1 cm³/mol. The summed E-state index contributed by atoms with van der Waals surface area (Å²) in [7, 11) is 0. The van der Waals surface area contributed by atoms with Crippen LogP contribution in [0.1, 0.15) is 25.6 Å². The lowest BCUT2D eigenvalue weighted by molar-refractivity contribution is -0.138. The second-order valence-corrected chi connectivity index (χ2v) is 5.67. The van der Waals surface area contributed by atoms with Gasteiger partial charge in [-0.15, -0.1) is 11.3 Å². The SMILES string of the molecule is CC1(C)C(=O)NCCN1c1nc(C(N)C(=O)O)cs1. The highest BCUT2D eigenvalue weighted by atomic mass is 32.1. The molecule has 0 aliphatic carbocycles. The quantitative estimate of drug-likeness (QED) is 0.717. The number of carboxylic acids is 1. The number of hydrogen-bond donors (Lipinski definition) is 3. The summed E-state index contributed by atoms with van der Waals surface area (Å²) < 4.78 is 0. The third-order valence-corrected chi connectivity index (χ3v) is 4.06. The zero-order valence-electron chi connectivity index (χ0n) is 10.7. The zero-order chi connectivity index (χ0) is 14.2. The molecule has 0 aromatic carbocycles. The maximum absolute atomic E-state index is 11.9. The number of carbonyl (C=O) groups is 2. The molecule has 1 unspecified atom stereocenters. The Labute approximate surface area is 114 Å². The number of hydrogen-bond acceptors (Lipinski definition) is 6. The van der Waals surface area contributed by atoms with Crippen molar-refractivity contribution in [3.8, 4) is 0 Å². The van der Waals surface area contributed by atoms with Gasteiger partial charge in [-0.05, 0) is 13.8 Å². The summed E-state index contributed by atoms with van der Waals surface area (Å²) in [5.74, 6) is -1.19. The van der Waals surface area contributed by atoms with Gasteiger partial charge in [0.05, 0.1) is 5.69 Å². The van der Waals surface area contributed by atoms with Crippen LogP contribution < -0.4 is 16.0 Å². The maximum Gasteiger partial charge on any atom is 0.326 e. The molecule has 0 bridgehead atoms. The Morgan fingerprint density at radius 3 is 3.00 bits per heavy atom. The van der Waals surface area contributed by atoms with Gasteiger partial charge in [0, 0.05) is 18.5 Å². The van der Waals surface area contributed by atoms with E-state index >= 15 is 0 Å². The molecule has 1 aromatic rings. The average Bonchev–Trinajstić information content (AvgIpc) is 2.80. The molecular formula is C11H16N4O3S. The second kappa shape index (κ2) is 4.78. The fraction of sp³-hybridized carbons (Fsp3) is 0.545. The molecule has 4 N–H and O–H groups in total. The van der Waals surface area contributed by atoms with E-state index in [2.05, 4.69) is 10.3 Å². The van der Waals surface area contributed by atoms with Crippen LogP contribution in [-0.4, -0.2) is 40.6 Å². The van der Waals surface area contributed by atoms with Gasteiger partial charge in [-0.2, -0.15) is 0 Å². The molecule has 7 nitrogen and oxygen atoms in total. The van der Waals surface area contributed by atoms with Crippen molar-refractivity contribution < 1.29 is 14.7 Å². The number of aromatic nitrogens is 1. The molecule has 19 heavy (non-hydrogen) atoms. The van der Waals surface area contributed by atoms with Crippen LogP contribution in [0.3, 0.4) is 0 Å². The molecule has 0 spiro atoms. The van der Waals surface area contributed by atoms with Gasteiger partial charge in [-0.25, -0.2) is 4.98 Å². The Morgan fingerprint density at radius 2 is 2.37 bits per heavy atom. The number of nitrogens with zero attached hydrogens (tertiary/aromatic N) is 2. The number of piperazine rings is 1. The highest BCUT2D eigenvalue weighted by Gasteiger charge is 2.39. The number of amides is 1. The van der Waals surface area contributed by atoms with Crippen LogP contribution >= 0.6 is 11.3 Å². The van der Waals surface area contributed by atoms with Crippen molar-refractivity contribution in [1.82, 2.24) is 10.3 Å². The minimum atomic E-state index is -1.13. The summed E-state index contributed by atoms with van der Waals surface area (Å²) in [6.45, 7) is 4.79. The van der Waals surface area contributed by atoms with Crippen molar-refractivity contribution in [2.75, 3.05) is 18.0 Å². The third-order valence-electron chi connectivity index (χ3n) is 3.18. The number of carbonyl (C=O) groups excluding carboxylic acids is 1. The second-order valence-electron chi connectivity index (χ2n) is 4.84. The molecule has 1 saturated heterocycles. The number of aliphatic carboxylic acids is 1. The van der Waals surface area contributed by atoms with Gasteiger partial charge >= 0.3 is 5.97 Å². The number of nitrogens with two attached hydrogens (primary N) is 1. The van der Waals surface area contributed by atoms with Gasteiger partial charge < -0.3 is 21.1 Å². The van der Waals surface area contributed by atoms with Crippen LogP contribution in [0.15, 0.2) is 5.38 Å². The van der Waals surface area contributed by atoms with Crippen LogP contribution in [0.2, 0.25) is 0 Å². The molecule has 0 radical (unpaired) electrons. The lowest BCUT2D eigenvalue weighted by atomic mass is 10.00. The van der Waals surface area contributed by atoms with Gasteiger partial charge in [0.15, 0.2) is 5.13 Å². The molecule has 8 heteroatoms. The monoisotopic (exact) mass is 284 g/mol. The molecule has 2 heterocycles. The topological polar surface area (TPSA) is 109 Å². The fourth-order valence-electron chi connectivity index (χ4n) is 1.90. The van der Waals surface area contributed by atoms with Crippen LogP contribution in [-0.2, 0) is 9.59 Å². The molecular weight excluding hydrogens is 268 g/mol. The Bertz CT molecular complexity index is 514. The molecule has 104 valence electrons. The first kappa shape index (κ1) is 13.8. The van der Waals surface area contributed by atoms with E-state index in [1.54, 1.807) is 19.2 Å². The summed E-state index contributed by atoms with van der Waals surface area (Å²) in [6.07, 6.45) is 0. The van der Waals surface area contributed by atoms with Crippen molar-refractivity contribution in [1.29, 1.82) is 0 Å². The van der Waals surface area contributed by atoms with E-state index in [1.807, 2.05) is 4.90 Å². The maximum atomic E-state index is 11.9. The van der Waals surface area contributed by atoms with E-state index in [0.717, 1.165) is 0 Å². The lowest BCUT2D eigenvalue weighted by Gasteiger charge is -2.41. The normalized spacial score (nSPS) is 19.9. The van der Waals surface area contributed by atoms with Crippen molar-refractivity contribution >= 4 is 28.3 Å². The molecule has 1 amide bonds.